The number of nitrogens with zero attached hydrogens (tertiary/aromatic N) is 3. The fraction of sp³-hybridized carbons (Fsp3) is 0.500. The van der Waals surface area contributed by atoms with Gasteiger partial charge in [0.25, 0.3) is 0 Å². The fourth-order valence-electron chi connectivity index (χ4n) is 3.00. The standard InChI is InChI=1S/C18H23N3O2/c22-18(23-17-6-4-2-1-3-5-7-17)16-10-8-15(9-11-16)12-21-14-19-13-20-21/h8-11,13-14,17H,1-7,12H2. The Morgan fingerprint density at radius 3 is 2.43 bits per heavy atom. The Hall–Kier alpha value is -2.17. The summed E-state index contributed by atoms with van der Waals surface area (Å²) in [7, 11) is 0. The maximum absolute atomic E-state index is 12.3. The Morgan fingerprint density at radius 2 is 1.78 bits per heavy atom. The third kappa shape index (κ3) is 4.65. The minimum absolute atomic E-state index is 0.0811. The van der Waals surface area contributed by atoms with Gasteiger partial charge in [-0.15, -0.1) is 0 Å². The molecular weight excluding hydrogens is 290 g/mol. The molecule has 1 saturated carbocycles. The molecule has 0 radical (unpaired) electrons. The van der Waals surface area contributed by atoms with Gasteiger partial charge in [-0.05, 0) is 43.4 Å². The molecule has 3 rings (SSSR count). The van der Waals surface area contributed by atoms with E-state index in [-0.39, 0.29) is 12.1 Å². The van der Waals surface area contributed by atoms with E-state index < -0.39 is 0 Å². The van der Waals surface area contributed by atoms with Crippen LogP contribution in [-0.2, 0) is 11.3 Å². The van der Waals surface area contributed by atoms with Crippen LogP contribution in [0, 0.1) is 0 Å². The molecule has 0 spiro atoms. The van der Waals surface area contributed by atoms with E-state index in [1.807, 2.05) is 24.3 Å². The van der Waals surface area contributed by atoms with Gasteiger partial charge in [-0.25, -0.2) is 14.5 Å². The summed E-state index contributed by atoms with van der Waals surface area (Å²) in [4.78, 5) is 16.2. The summed E-state index contributed by atoms with van der Waals surface area (Å²) in [6.07, 6.45) is 11.4. The lowest BCUT2D eigenvalue weighted by atomic mass is 9.98. The summed E-state index contributed by atoms with van der Waals surface area (Å²) in [5, 5.41) is 4.08. The maximum atomic E-state index is 12.3. The zero-order valence-corrected chi connectivity index (χ0v) is 13.4. The summed E-state index contributed by atoms with van der Waals surface area (Å²) >= 11 is 0. The largest absolute Gasteiger partial charge is 0.459 e. The molecule has 5 nitrogen and oxygen atoms in total. The number of carbonyl (C=O) groups excluding carboxylic acids is 1. The number of rotatable bonds is 4. The van der Waals surface area contributed by atoms with Crippen molar-refractivity contribution in [2.75, 3.05) is 0 Å². The van der Waals surface area contributed by atoms with Crippen LogP contribution in [0.4, 0.5) is 0 Å². The van der Waals surface area contributed by atoms with Crippen molar-refractivity contribution >= 4 is 5.97 Å². The molecule has 1 aliphatic rings. The van der Waals surface area contributed by atoms with Gasteiger partial charge in [0.15, 0.2) is 0 Å². The van der Waals surface area contributed by atoms with Crippen LogP contribution in [0.3, 0.4) is 0 Å². The lowest BCUT2D eigenvalue weighted by Crippen LogP contribution is -2.19. The number of carbonyl (C=O) groups is 1. The van der Waals surface area contributed by atoms with Gasteiger partial charge in [0.1, 0.15) is 18.8 Å². The molecular formula is C18H23N3O2. The molecule has 0 unspecified atom stereocenters. The van der Waals surface area contributed by atoms with Crippen molar-refractivity contribution in [2.45, 2.75) is 57.6 Å². The highest BCUT2D eigenvalue weighted by Crippen LogP contribution is 2.20. The zero-order chi connectivity index (χ0) is 15.9. The van der Waals surface area contributed by atoms with Crippen LogP contribution in [0.25, 0.3) is 0 Å². The monoisotopic (exact) mass is 313 g/mol. The van der Waals surface area contributed by atoms with Gasteiger partial charge in [0.05, 0.1) is 12.1 Å². The number of esters is 1. The molecule has 0 N–H and O–H groups in total. The van der Waals surface area contributed by atoms with Gasteiger partial charge in [-0.2, -0.15) is 5.10 Å². The van der Waals surface area contributed by atoms with Crippen molar-refractivity contribution in [2.24, 2.45) is 0 Å². The molecule has 0 atom stereocenters. The topological polar surface area (TPSA) is 57.0 Å². The summed E-state index contributed by atoms with van der Waals surface area (Å²) in [5.74, 6) is -0.206. The average molecular weight is 313 g/mol. The quantitative estimate of drug-likeness (QED) is 0.809. The number of benzene rings is 1. The number of aromatic nitrogens is 3. The molecule has 5 heteroatoms. The van der Waals surface area contributed by atoms with Crippen LogP contribution in [0.5, 0.6) is 0 Å². The summed E-state index contributed by atoms with van der Waals surface area (Å²) in [6, 6.07) is 7.54. The minimum Gasteiger partial charge on any atom is -0.459 e. The molecule has 122 valence electrons. The first-order valence-corrected chi connectivity index (χ1v) is 8.43. The Kier molecular flexibility index (Phi) is 5.40. The highest BCUT2D eigenvalue weighted by molar-refractivity contribution is 5.89. The Morgan fingerprint density at radius 1 is 1.09 bits per heavy atom. The van der Waals surface area contributed by atoms with Crippen molar-refractivity contribution in [3.05, 3.63) is 48.0 Å². The third-order valence-corrected chi connectivity index (χ3v) is 4.33. The highest BCUT2D eigenvalue weighted by atomic mass is 16.5. The molecule has 1 aromatic heterocycles. The zero-order valence-electron chi connectivity index (χ0n) is 13.4. The van der Waals surface area contributed by atoms with Gasteiger partial charge < -0.3 is 4.74 Å². The van der Waals surface area contributed by atoms with E-state index in [0.29, 0.717) is 12.1 Å². The Balaban J connectivity index is 1.56. The van der Waals surface area contributed by atoms with E-state index >= 15 is 0 Å². The van der Waals surface area contributed by atoms with Crippen LogP contribution in [-0.4, -0.2) is 26.8 Å². The van der Waals surface area contributed by atoms with Crippen molar-refractivity contribution in [3.8, 4) is 0 Å². The van der Waals surface area contributed by atoms with Gasteiger partial charge in [0.2, 0.25) is 0 Å². The first-order valence-electron chi connectivity index (χ1n) is 8.43. The second-order valence-corrected chi connectivity index (χ2v) is 6.16. The van der Waals surface area contributed by atoms with Crippen LogP contribution in [0.15, 0.2) is 36.9 Å². The summed E-state index contributed by atoms with van der Waals surface area (Å²) < 4.78 is 7.44. The van der Waals surface area contributed by atoms with E-state index in [2.05, 4.69) is 10.1 Å². The smallest absolute Gasteiger partial charge is 0.338 e. The number of hydrogen-bond acceptors (Lipinski definition) is 4. The molecule has 1 fully saturated rings. The van der Waals surface area contributed by atoms with Gasteiger partial charge in [0, 0.05) is 0 Å². The van der Waals surface area contributed by atoms with Crippen molar-refractivity contribution in [1.29, 1.82) is 0 Å². The number of hydrogen-bond donors (Lipinski definition) is 0. The molecule has 0 aliphatic heterocycles. The molecule has 1 heterocycles. The third-order valence-electron chi connectivity index (χ3n) is 4.33. The normalized spacial score (nSPS) is 16.5. The maximum Gasteiger partial charge on any atom is 0.338 e. The predicted molar refractivity (Wildman–Crippen MR) is 87.1 cm³/mol. The van der Waals surface area contributed by atoms with E-state index in [1.54, 1.807) is 11.0 Å². The minimum atomic E-state index is -0.206. The highest BCUT2D eigenvalue weighted by Gasteiger charge is 2.17. The van der Waals surface area contributed by atoms with Crippen molar-refractivity contribution < 1.29 is 9.53 Å². The summed E-state index contributed by atoms with van der Waals surface area (Å²) in [5.41, 5.74) is 1.70. The second kappa shape index (κ2) is 7.90. The van der Waals surface area contributed by atoms with Gasteiger partial charge in [-0.1, -0.05) is 31.4 Å². The van der Waals surface area contributed by atoms with Gasteiger partial charge in [-0.3, -0.25) is 0 Å². The Bertz CT molecular complexity index is 600. The van der Waals surface area contributed by atoms with Crippen LogP contribution < -0.4 is 0 Å². The van der Waals surface area contributed by atoms with Gasteiger partial charge >= 0.3 is 5.97 Å². The first kappa shape index (κ1) is 15.7. The van der Waals surface area contributed by atoms with Crippen LogP contribution in [0.1, 0.15) is 60.9 Å². The van der Waals surface area contributed by atoms with Crippen LogP contribution in [0.2, 0.25) is 0 Å². The molecule has 1 aliphatic carbocycles. The lowest BCUT2D eigenvalue weighted by Gasteiger charge is -2.20. The second-order valence-electron chi connectivity index (χ2n) is 6.16. The van der Waals surface area contributed by atoms with E-state index in [1.165, 1.54) is 25.6 Å². The van der Waals surface area contributed by atoms with E-state index in [9.17, 15) is 4.79 Å². The molecule has 0 amide bonds. The molecule has 0 saturated heterocycles. The van der Waals surface area contributed by atoms with Crippen molar-refractivity contribution in [1.82, 2.24) is 14.8 Å². The Labute approximate surface area is 136 Å². The number of ether oxygens (including phenoxy) is 1. The molecule has 23 heavy (non-hydrogen) atoms. The predicted octanol–water partition coefficient (Wildman–Crippen LogP) is 3.60. The summed E-state index contributed by atoms with van der Waals surface area (Å²) in [6.45, 7) is 0.651. The molecule has 1 aromatic carbocycles. The van der Waals surface area contributed by atoms with Crippen LogP contribution >= 0.6 is 0 Å². The van der Waals surface area contributed by atoms with E-state index in [4.69, 9.17) is 4.74 Å². The fourth-order valence-corrected chi connectivity index (χ4v) is 3.00. The van der Waals surface area contributed by atoms with E-state index in [0.717, 1.165) is 31.2 Å². The molecule has 0 bridgehead atoms. The SMILES string of the molecule is O=C(OC1CCCCCCC1)c1ccc(Cn2cncn2)cc1. The lowest BCUT2D eigenvalue weighted by molar-refractivity contribution is 0.0239. The first-order chi connectivity index (χ1) is 11.3. The molecule has 2 aromatic rings. The average Bonchev–Trinajstić information content (AvgIpc) is 3.03. The van der Waals surface area contributed by atoms with Crippen molar-refractivity contribution in [3.63, 3.8) is 0 Å².